The van der Waals surface area contributed by atoms with E-state index in [0.717, 1.165) is 23.3 Å². The van der Waals surface area contributed by atoms with Crippen molar-refractivity contribution in [1.82, 2.24) is 4.90 Å². The number of morpholine rings is 1. The van der Waals surface area contributed by atoms with Crippen LogP contribution in [0.3, 0.4) is 0 Å². The quantitative estimate of drug-likeness (QED) is 0.468. The van der Waals surface area contributed by atoms with Gasteiger partial charge in [-0.2, -0.15) is 13.2 Å². The molecular formula is C28H27F3N2O3. The molecule has 5 nitrogen and oxygen atoms in total. The summed E-state index contributed by atoms with van der Waals surface area (Å²) < 4.78 is 44.3. The molecule has 0 N–H and O–H groups in total. The van der Waals surface area contributed by atoms with Gasteiger partial charge < -0.3 is 14.5 Å². The fourth-order valence-corrected chi connectivity index (χ4v) is 4.11. The van der Waals surface area contributed by atoms with Crippen LogP contribution in [0, 0.1) is 6.92 Å². The van der Waals surface area contributed by atoms with Crippen molar-refractivity contribution in [3.8, 4) is 0 Å². The van der Waals surface area contributed by atoms with E-state index in [9.17, 15) is 22.8 Å². The lowest BCUT2D eigenvalue weighted by Gasteiger charge is -2.27. The molecule has 36 heavy (non-hydrogen) atoms. The highest BCUT2D eigenvalue weighted by atomic mass is 19.4. The van der Waals surface area contributed by atoms with Gasteiger partial charge >= 0.3 is 6.18 Å². The number of anilines is 1. The van der Waals surface area contributed by atoms with Gasteiger partial charge in [-0.15, -0.1) is 0 Å². The second kappa shape index (κ2) is 11.0. The van der Waals surface area contributed by atoms with Gasteiger partial charge in [0.2, 0.25) is 5.91 Å². The zero-order valence-corrected chi connectivity index (χ0v) is 19.9. The van der Waals surface area contributed by atoms with Crippen LogP contribution in [0.5, 0.6) is 0 Å². The average molecular weight is 497 g/mol. The first kappa shape index (κ1) is 25.4. The number of aryl methyl sites for hydroxylation is 1. The van der Waals surface area contributed by atoms with Crippen LogP contribution in [-0.2, 0) is 28.7 Å². The number of carbonyl (C=O) groups excluding carboxylic acids is 2. The Bertz CT molecular complexity index is 1200. The molecule has 0 aromatic heterocycles. The predicted octanol–water partition coefficient (Wildman–Crippen LogP) is 5.26. The number of hydrogen-bond acceptors (Lipinski definition) is 3. The molecule has 8 heteroatoms. The number of ether oxygens (including phenoxy) is 1. The first-order valence-corrected chi connectivity index (χ1v) is 11.7. The van der Waals surface area contributed by atoms with Crippen LogP contribution in [0.2, 0.25) is 0 Å². The Kier molecular flexibility index (Phi) is 7.74. The Balaban J connectivity index is 1.57. The first-order valence-electron chi connectivity index (χ1n) is 11.7. The van der Waals surface area contributed by atoms with E-state index in [-0.39, 0.29) is 24.8 Å². The van der Waals surface area contributed by atoms with Gasteiger partial charge in [0.25, 0.3) is 5.91 Å². The number of benzene rings is 3. The number of hydrogen-bond donors (Lipinski definition) is 0. The number of nitrogens with zero attached hydrogens (tertiary/aromatic N) is 2. The maximum absolute atomic E-state index is 13.5. The van der Waals surface area contributed by atoms with E-state index in [0.29, 0.717) is 43.1 Å². The van der Waals surface area contributed by atoms with Crippen molar-refractivity contribution in [2.75, 3.05) is 31.2 Å². The summed E-state index contributed by atoms with van der Waals surface area (Å²) >= 11 is 0. The van der Waals surface area contributed by atoms with Gasteiger partial charge in [-0.1, -0.05) is 42.5 Å². The Morgan fingerprint density at radius 3 is 2.11 bits per heavy atom. The Labute approximate surface area is 208 Å². The van der Waals surface area contributed by atoms with E-state index in [4.69, 9.17) is 4.74 Å². The topological polar surface area (TPSA) is 49.9 Å². The summed E-state index contributed by atoms with van der Waals surface area (Å²) in [4.78, 5) is 29.4. The average Bonchev–Trinajstić information content (AvgIpc) is 2.88. The molecule has 3 aromatic carbocycles. The lowest BCUT2D eigenvalue weighted by atomic mass is 10.0. The smallest absolute Gasteiger partial charge is 0.378 e. The molecule has 0 bridgehead atoms. The molecule has 4 rings (SSSR count). The van der Waals surface area contributed by atoms with Gasteiger partial charge in [-0.05, 0) is 53.9 Å². The SMILES string of the molecule is Cc1ccccc1C(=O)N(Cc1ccc(C(F)(F)F)cc1)c1ccc(CC(=O)N2CCOCC2)cc1. The van der Waals surface area contributed by atoms with Crippen molar-refractivity contribution < 1.29 is 27.5 Å². The molecule has 1 heterocycles. The molecule has 3 aromatic rings. The number of halogens is 3. The fraction of sp³-hybridized carbons (Fsp3) is 0.286. The van der Waals surface area contributed by atoms with E-state index in [1.54, 1.807) is 46.2 Å². The molecule has 0 radical (unpaired) electrons. The van der Waals surface area contributed by atoms with Crippen molar-refractivity contribution in [3.63, 3.8) is 0 Å². The molecule has 1 aliphatic rings. The Hall–Kier alpha value is -3.65. The summed E-state index contributed by atoms with van der Waals surface area (Å²) in [6, 6.07) is 19.1. The maximum atomic E-state index is 13.5. The number of rotatable bonds is 6. The van der Waals surface area contributed by atoms with Crippen molar-refractivity contribution in [1.29, 1.82) is 0 Å². The van der Waals surface area contributed by atoms with Gasteiger partial charge in [-0.3, -0.25) is 9.59 Å². The molecular weight excluding hydrogens is 469 g/mol. The highest BCUT2D eigenvalue weighted by Gasteiger charge is 2.30. The minimum atomic E-state index is -4.43. The second-order valence-corrected chi connectivity index (χ2v) is 8.74. The monoisotopic (exact) mass is 496 g/mol. The maximum Gasteiger partial charge on any atom is 0.416 e. The molecule has 0 aliphatic carbocycles. The van der Waals surface area contributed by atoms with Gasteiger partial charge in [0, 0.05) is 24.3 Å². The third-order valence-electron chi connectivity index (χ3n) is 6.21. The van der Waals surface area contributed by atoms with E-state index in [1.807, 2.05) is 19.1 Å². The van der Waals surface area contributed by atoms with Crippen molar-refractivity contribution in [3.05, 3.63) is 101 Å². The zero-order chi connectivity index (χ0) is 25.7. The lowest BCUT2D eigenvalue weighted by molar-refractivity contribution is -0.137. The molecule has 0 atom stereocenters. The number of amides is 2. The second-order valence-electron chi connectivity index (χ2n) is 8.74. The third kappa shape index (κ3) is 6.12. The molecule has 1 aliphatic heterocycles. The molecule has 2 amide bonds. The van der Waals surface area contributed by atoms with Gasteiger partial charge in [0.1, 0.15) is 0 Å². The Morgan fingerprint density at radius 2 is 1.50 bits per heavy atom. The van der Waals surface area contributed by atoms with Crippen LogP contribution >= 0.6 is 0 Å². The highest BCUT2D eigenvalue weighted by Crippen LogP contribution is 2.30. The molecule has 0 spiro atoms. The van der Waals surface area contributed by atoms with Crippen molar-refractivity contribution in [2.45, 2.75) is 26.1 Å². The molecule has 188 valence electrons. The zero-order valence-electron chi connectivity index (χ0n) is 19.9. The Morgan fingerprint density at radius 1 is 0.889 bits per heavy atom. The van der Waals surface area contributed by atoms with Crippen LogP contribution < -0.4 is 4.90 Å². The summed E-state index contributed by atoms with van der Waals surface area (Å²) in [7, 11) is 0. The summed E-state index contributed by atoms with van der Waals surface area (Å²) in [5.41, 5.74) is 2.54. The molecule has 1 saturated heterocycles. The van der Waals surface area contributed by atoms with Gasteiger partial charge in [0.05, 0.1) is 31.7 Å². The van der Waals surface area contributed by atoms with Crippen LogP contribution in [0.25, 0.3) is 0 Å². The number of alkyl halides is 3. The third-order valence-corrected chi connectivity index (χ3v) is 6.21. The van der Waals surface area contributed by atoms with E-state index < -0.39 is 11.7 Å². The van der Waals surface area contributed by atoms with Gasteiger partial charge in [0.15, 0.2) is 0 Å². The minimum Gasteiger partial charge on any atom is -0.378 e. The first-order chi connectivity index (χ1) is 17.2. The van der Waals surface area contributed by atoms with Gasteiger partial charge in [-0.25, -0.2) is 0 Å². The highest BCUT2D eigenvalue weighted by molar-refractivity contribution is 6.07. The summed E-state index contributed by atoms with van der Waals surface area (Å²) in [5.74, 6) is -0.242. The summed E-state index contributed by atoms with van der Waals surface area (Å²) in [5, 5.41) is 0. The van der Waals surface area contributed by atoms with Crippen LogP contribution in [0.1, 0.15) is 32.6 Å². The molecule has 0 unspecified atom stereocenters. The fourth-order valence-electron chi connectivity index (χ4n) is 4.11. The minimum absolute atomic E-state index is 0.0173. The normalized spacial score (nSPS) is 13.9. The van der Waals surface area contributed by atoms with Crippen molar-refractivity contribution in [2.24, 2.45) is 0 Å². The standard InChI is InChI=1S/C28H27F3N2O3/c1-20-4-2-3-5-25(20)27(35)33(19-22-6-10-23(11-7-22)28(29,30)31)24-12-8-21(9-13-24)18-26(34)32-14-16-36-17-15-32/h2-13H,14-19H2,1H3. The van der Waals surface area contributed by atoms with Crippen LogP contribution in [0.4, 0.5) is 18.9 Å². The summed E-state index contributed by atoms with van der Waals surface area (Å²) in [6.45, 7) is 4.14. The van der Waals surface area contributed by atoms with Crippen molar-refractivity contribution >= 4 is 17.5 Å². The van der Waals surface area contributed by atoms with E-state index in [1.165, 1.54) is 12.1 Å². The lowest BCUT2D eigenvalue weighted by Crippen LogP contribution is -2.41. The number of carbonyl (C=O) groups is 2. The molecule has 1 fully saturated rings. The summed E-state index contributed by atoms with van der Waals surface area (Å²) in [6.07, 6.45) is -4.19. The molecule has 0 saturated carbocycles. The van der Waals surface area contributed by atoms with Crippen LogP contribution in [-0.4, -0.2) is 43.0 Å². The van der Waals surface area contributed by atoms with Crippen LogP contribution in [0.15, 0.2) is 72.8 Å². The largest absolute Gasteiger partial charge is 0.416 e. The predicted molar refractivity (Wildman–Crippen MR) is 131 cm³/mol. The van der Waals surface area contributed by atoms with E-state index in [2.05, 4.69) is 0 Å². The van der Waals surface area contributed by atoms with E-state index >= 15 is 0 Å².